The molecule has 3 aromatic rings. The van der Waals surface area contributed by atoms with Crippen LogP contribution in [0.4, 0.5) is 17.5 Å². The summed E-state index contributed by atoms with van der Waals surface area (Å²) in [6.45, 7) is 2.82. The third-order valence-corrected chi connectivity index (χ3v) is 5.42. The fourth-order valence-corrected chi connectivity index (χ4v) is 3.76. The molecule has 3 heterocycles. The summed E-state index contributed by atoms with van der Waals surface area (Å²) in [6, 6.07) is 5.33. The van der Waals surface area contributed by atoms with Crippen molar-refractivity contribution in [2.75, 3.05) is 44.5 Å². The van der Waals surface area contributed by atoms with Gasteiger partial charge in [-0.15, -0.1) is 0 Å². The van der Waals surface area contributed by atoms with E-state index in [9.17, 15) is 4.79 Å². The predicted molar refractivity (Wildman–Crippen MR) is 118 cm³/mol. The Labute approximate surface area is 180 Å². The van der Waals surface area contributed by atoms with Gasteiger partial charge in [-0.25, -0.2) is 4.98 Å². The zero-order valence-electron chi connectivity index (χ0n) is 17.6. The predicted octanol–water partition coefficient (Wildman–Crippen LogP) is 2.00. The lowest BCUT2D eigenvalue weighted by molar-refractivity contribution is 0.100. The number of amides is 1. The van der Waals surface area contributed by atoms with Crippen molar-refractivity contribution in [1.29, 1.82) is 0 Å². The summed E-state index contributed by atoms with van der Waals surface area (Å²) in [5.74, 6) is 2.05. The van der Waals surface area contributed by atoms with Gasteiger partial charge in [0, 0.05) is 42.8 Å². The van der Waals surface area contributed by atoms with Crippen LogP contribution in [0, 0.1) is 5.92 Å². The maximum absolute atomic E-state index is 12.3. The Kier molecular flexibility index (Phi) is 6.08. The molecule has 10 nitrogen and oxygen atoms in total. The summed E-state index contributed by atoms with van der Waals surface area (Å²) in [6.07, 6.45) is 5.59. The van der Waals surface area contributed by atoms with E-state index in [1.165, 1.54) is 0 Å². The lowest BCUT2D eigenvalue weighted by atomic mass is 9.98. The molecule has 0 atom stereocenters. The van der Waals surface area contributed by atoms with Crippen molar-refractivity contribution in [2.24, 2.45) is 11.7 Å². The highest BCUT2D eigenvalue weighted by Crippen LogP contribution is 2.30. The number of imidazole rings is 1. The molecule has 0 unspecified atom stereocenters. The van der Waals surface area contributed by atoms with Crippen LogP contribution >= 0.6 is 0 Å². The van der Waals surface area contributed by atoms with Crippen molar-refractivity contribution in [3.05, 3.63) is 36.2 Å². The van der Waals surface area contributed by atoms with E-state index in [4.69, 9.17) is 15.2 Å². The van der Waals surface area contributed by atoms with E-state index in [2.05, 4.69) is 25.9 Å². The Bertz CT molecular complexity index is 1050. The first-order valence-corrected chi connectivity index (χ1v) is 10.2. The number of fused-ring (bicyclic) bond motifs is 1. The number of piperidine rings is 1. The molecule has 2 aromatic heterocycles. The monoisotopic (exact) mass is 425 g/mol. The summed E-state index contributed by atoms with van der Waals surface area (Å²) >= 11 is 0. The number of nitrogens with two attached hydrogens (primary N) is 1. The highest BCUT2D eigenvalue weighted by molar-refractivity contribution is 6.04. The molecule has 0 aliphatic carbocycles. The van der Waals surface area contributed by atoms with E-state index in [1.54, 1.807) is 49.2 Å². The standard InChI is InChI=1S/C21H27N7O3/c1-30-15-9-14(10-16(11-15)31-2)26-19-17(18(22)29)20-24-7-8-28(20)21(27-19)25-12-13-3-5-23-6-4-13/h7-11,13,23,26H,3-6,12H2,1-2H3,(H2,22,29)(H,25,27). The first-order chi connectivity index (χ1) is 15.1. The largest absolute Gasteiger partial charge is 0.497 e. The number of primary amides is 1. The molecule has 1 fully saturated rings. The van der Waals surface area contributed by atoms with Crippen LogP contribution in [0.2, 0.25) is 0 Å². The minimum atomic E-state index is -0.619. The first kappa shape index (κ1) is 20.7. The number of carbonyl (C=O) groups is 1. The Morgan fingerprint density at radius 3 is 2.58 bits per heavy atom. The average Bonchev–Trinajstić information content (AvgIpc) is 3.27. The molecular formula is C21H27N7O3. The van der Waals surface area contributed by atoms with Crippen LogP contribution in [0.5, 0.6) is 11.5 Å². The van der Waals surface area contributed by atoms with E-state index in [1.807, 2.05) is 0 Å². The van der Waals surface area contributed by atoms with Crippen molar-refractivity contribution in [3.63, 3.8) is 0 Å². The first-order valence-electron chi connectivity index (χ1n) is 10.2. The van der Waals surface area contributed by atoms with Crippen molar-refractivity contribution in [1.82, 2.24) is 19.7 Å². The van der Waals surface area contributed by atoms with Gasteiger partial charge in [0.1, 0.15) is 17.1 Å². The summed E-state index contributed by atoms with van der Waals surface area (Å²) in [5, 5.41) is 9.98. The number of hydrogen-bond acceptors (Lipinski definition) is 8. The van der Waals surface area contributed by atoms with Gasteiger partial charge in [-0.1, -0.05) is 0 Å². The number of aromatic nitrogens is 3. The molecule has 164 valence electrons. The van der Waals surface area contributed by atoms with E-state index >= 15 is 0 Å². The summed E-state index contributed by atoms with van der Waals surface area (Å²) in [5.41, 5.74) is 6.99. The molecule has 0 spiro atoms. The van der Waals surface area contributed by atoms with Gasteiger partial charge < -0.3 is 31.2 Å². The second-order valence-electron chi connectivity index (χ2n) is 7.44. The molecule has 5 N–H and O–H groups in total. The van der Waals surface area contributed by atoms with Crippen LogP contribution in [0.3, 0.4) is 0 Å². The Balaban J connectivity index is 1.71. The summed E-state index contributed by atoms with van der Waals surface area (Å²) in [4.78, 5) is 21.3. The molecule has 31 heavy (non-hydrogen) atoms. The fraction of sp³-hybridized carbons (Fsp3) is 0.381. The highest BCUT2D eigenvalue weighted by atomic mass is 16.5. The molecule has 1 aliphatic heterocycles. The second kappa shape index (κ2) is 9.09. The topological polar surface area (TPSA) is 128 Å². The summed E-state index contributed by atoms with van der Waals surface area (Å²) < 4.78 is 12.4. The van der Waals surface area contributed by atoms with Crippen LogP contribution in [0.25, 0.3) is 5.65 Å². The Hall–Kier alpha value is -3.53. The Morgan fingerprint density at radius 1 is 1.23 bits per heavy atom. The number of nitrogens with zero attached hydrogens (tertiary/aromatic N) is 3. The van der Waals surface area contributed by atoms with Crippen LogP contribution in [-0.2, 0) is 0 Å². The minimum absolute atomic E-state index is 0.208. The molecule has 0 radical (unpaired) electrons. The van der Waals surface area contributed by atoms with Gasteiger partial charge in [-0.3, -0.25) is 9.20 Å². The molecular weight excluding hydrogens is 398 g/mol. The number of methoxy groups -OCH3 is 2. The molecule has 10 heteroatoms. The second-order valence-corrected chi connectivity index (χ2v) is 7.44. The van der Waals surface area contributed by atoms with Crippen molar-refractivity contribution < 1.29 is 14.3 Å². The maximum atomic E-state index is 12.3. The molecule has 1 aromatic carbocycles. The molecule has 1 amide bonds. The van der Waals surface area contributed by atoms with Crippen LogP contribution in [0.1, 0.15) is 23.2 Å². The van der Waals surface area contributed by atoms with E-state index in [0.29, 0.717) is 40.5 Å². The van der Waals surface area contributed by atoms with Crippen molar-refractivity contribution in [3.8, 4) is 11.5 Å². The highest BCUT2D eigenvalue weighted by Gasteiger charge is 2.21. The van der Waals surface area contributed by atoms with E-state index < -0.39 is 5.91 Å². The normalized spacial score (nSPS) is 14.4. The van der Waals surface area contributed by atoms with Crippen molar-refractivity contribution >= 4 is 29.0 Å². The van der Waals surface area contributed by atoms with Crippen LogP contribution in [0.15, 0.2) is 30.6 Å². The van der Waals surface area contributed by atoms with Gasteiger partial charge in [-0.05, 0) is 31.8 Å². The third-order valence-electron chi connectivity index (χ3n) is 5.42. The molecule has 4 rings (SSSR count). The number of rotatable bonds is 8. The summed E-state index contributed by atoms with van der Waals surface area (Å²) in [7, 11) is 3.15. The smallest absolute Gasteiger partial charge is 0.256 e. The average molecular weight is 425 g/mol. The molecule has 0 bridgehead atoms. The van der Waals surface area contributed by atoms with Gasteiger partial charge in [-0.2, -0.15) is 4.98 Å². The van der Waals surface area contributed by atoms with Gasteiger partial charge >= 0.3 is 0 Å². The lowest BCUT2D eigenvalue weighted by Crippen LogP contribution is -2.31. The van der Waals surface area contributed by atoms with Crippen LogP contribution < -0.4 is 31.2 Å². The van der Waals surface area contributed by atoms with Gasteiger partial charge in [0.15, 0.2) is 11.5 Å². The van der Waals surface area contributed by atoms with Crippen molar-refractivity contribution in [2.45, 2.75) is 12.8 Å². The van der Waals surface area contributed by atoms with Crippen LogP contribution in [-0.4, -0.2) is 54.1 Å². The maximum Gasteiger partial charge on any atom is 0.256 e. The van der Waals surface area contributed by atoms with Gasteiger partial charge in [0.25, 0.3) is 5.91 Å². The SMILES string of the molecule is COc1cc(Nc2nc(NCC3CCNCC3)n3ccnc3c2C(N)=O)cc(OC)c1. The number of ether oxygens (including phenoxy) is 2. The third kappa shape index (κ3) is 4.48. The van der Waals surface area contributed by atoms with Gasteiger partial charge in [0.2, 0.25) is 5.95 Å². The lowest BCUT2D eigenvalue weighted by Gasteiger charge is -2.23. The molecule has 1 saturated heterocycles. The number of carbonyl (C=O) groups excluding carboxylic acids is 1. The van der Waals surface area contributed by atoms with E-state index in [0.717, 1.165) is 32.5 Å². The quantitative estimate of drug-likeness (QED) is 0.431. The number of hydrogen-bond donors (Lipinski definition) is 4. The molecule has 0 saturated carbocycles. The molecule has 1 aliphatic rings. The minimum Gasteiger partial charge on any atom is -0.497 e. The zero-order valence-corrected chi connectivity index (χ0v) is 17.6. The Morgan fingerprint density at radius 2 is 1.94 bits per heavy atom. The number of nitrogens with one attached hydrogen (secondary N) is 3. The van der Waals surface area contributed by atoms with E-state index in [-0.39, 0.29) is 5.56 Å². The fourth-order valence-electron chi connectivity index (χ4n) is 3.76. The number of anilines is 3. The zero-order chi connectivity index (χ0) is 21.8. The number of benzene rings is 1. The van der Waals surface area contributed by atoms with Gasteiger partial charge in [0.05, 0.1) is 14.2 Å².